The predicted molar refractivity (Wildman–Crippen MR) is 72.2 cm³/mol. The van der Waals surface area contributed by atoms with Gasteiger partial charge in [-0.25, -0.2) is 14.2 Å². The third kappa shape index (κ3) is 2.69. The fraction of sp³-hybridized carbons (Fsp3) is 0.143. The van der Waals surface area contributed by atoms with E-state index >= 15 is 0 Å². The lowest BCUT2D eigenvalue weighted by molar-refractivity contribution is 0.0692. The van der Waals surface area contributed by atoms with Crippen molar-refractivity contribution in [3.8, 4) is 17.0 Å². The second-order valence-electron chi connectivity index (χ2n) is 4.01. The minimum Gasteiger partial charge on any atom is -0.494 e. The van der Waals surface area contributed by atoms with Gasteiger partial charge in [0.2, 0.25) is 0 Å². The van der Waals surface area contributed by atoms with Crippen LogP contribution in [0.3, 0.4) is 0 Å². The Labute approximate surface area is 114 Å². The molecule has 0 unspecified atom stereocenters. The highest BCUT2D eigenvalue weighted by Crippen LogP contribution is 2.27. The second kappa shape index (κ2) is 5.56. The average Bonchev–Trinajstić information content (AvgIpc) is 2.41. The molecule has 3 N–H and O–H groups in total. The summed E-state index contributed by atoms with van der Waals surface area (Å²) in [5, 5.41) is 8.98. The van der Waals surface area contributed by atoms with Gasteiger partial charge in [0.1, 0.15) is 11.6 Å². The highest BCUT2D eigenvalue weighted by molar-refractivity contribution is 5.92. The number of nitrogens with two attached hydrogens (primary N) is 1. The van der Waals surface area contributed by atoms with Gasteiger partial charge in [0.15, 0.2) is 5.69 Å². The Morgan fingerprint density at radius 3 is 2.80 bits per heavy atom. The van der Waals surface area contributed by atoms with Crippen molar-refractivity contribution in [2.75, 3.05) is 12.3 Å². The van der Waals surface area contributed by atoms with Gasteiger partial charge in [-0.3, -0.25) is 0 Å². The van der Waals surface area contributed by atoms with Gasteiger partial charge in [0, 0.05) is 5.56 Å². The van der Waals surface area contributed by atoms with Crippen molar-refractivity contribution in [3.63, 3.8) is 0 Å². The Kier molecular flexibility index (Phi) is 3.84. The van der Waals surface area contributed by atoms with Crippen LogP contribution in [0.1, 0.15) is 17.4 Å². The van der Waals surface area contributed by atoms with Gasteiger partial charge in [0.05, 0.1) is 18.0 Å². The molecule has 1 heterocycles. The van der Waals surface area contributed by atoms with Gasteiger partial charge < -0.3 is 15.6 Å². The molecule has 0 aliphatic heterocycles. The highest BCUT2D eigenvalue weighted by Gasteiger charge is 2.14. The van der Waals surface area contributed by atoms with Crippen molar-refractivity contribution in [3.05, 3.63) is 41.8 Å². The van der Waals surface area contributed by atoms with Crippen molar-refractivity contribution >= 4 is 11.7 Å². The molecule has 6 heteroatoms. The van der Waals surface area contributed by atoms with Crippen LogP contribution in [-0.4, -0.2) is 22.7 Å². The normalized spacial score (nSPS) is 10.3. The fourth-order valence-corrected chi connectivity index (χ4v) is 1.75. The maximum atomic E-state index is 13.9. The van der Waals surface area contributed by atoms with E-state index < -0.39 is 11.8 Å². The van der Waals surface area contributed by atoms with E-state index in [0.717, 1.165) is 0 Å². The molecule has 0 radical (unpaired) electrons. The Hall–Kier alpha value is -2.63. The summed E-state index contributed by atoms with van der Waals surface area (Å²) in [7, 11) is 0. The summed E-state index contributed by atoms with van der Waals surface area (Å²) >= 11 is 0. The monoisotopic (exact) mass is 276 g/mol. The lowest BCUT2D eigenvalue weighted by atomic mass is 10.1. The molecule has 5 nitrogen and oxygen atoms in total. The number of carboxylic acids is 1. The quantitative estimate of drug-likeness (QED) is 0.896. The molecule has 20 heavy (non-hydrogen) atoms. The molecule has 0 aliphatic rings. The molecular weight excluding hydrogens is 263 g/mol. The van der Waals surface area contributed by atoms with Crippen LogP contribution in [0.25, 0.3) is 11.3 Å². The summed E-state index contributed by atoms with van der Waals surface area (Å²) in [6.07, 6.45) is 0. The van der Waals surface area contributed by atoms with E-state index in [2.05, 4.69) is 4.98 Å². The molecule has 0 atom stereocenters. The maximum Gasteiger partial charge on any atom is 0.356 e. The SMILES string of the molecule is CCOc1ccc(F)c(-c2ccc(N)c(C(=O)O)n2)c1. The summed E-state index contributed by atoms with van der Waals surface area (Å²) in [5.41, 5.74) is 5.61. The number of carbonyl (C=O) groups is 1. The van der Waals surface area contributed by atoms with Crippen LogP contribution in [0.15, 0.2) is 30.3 Å². The van der Waals surface area contributed by atoms with E-state index in [1.165, 1.54) is 30.3 Å². The van der Waals surface area contributed by atoms with Crippen LogP contribution in [0, 0.1) is 5.82 Å². The van der Waals surface area contributed by atoms with Gasteiger partial charge in [-0.1, -0.05) is 0 Å². The molecule has 0 saturated carbocycles. The van der Waals surface area contributed by atoms with E-state index in [-0.39, 0.29) is 22.6 Å². The van der Waals surface area contributed by atoms with E-state index in [9.17, 15) is 9.18 Å². The summed E-state index contributed by atoms with van der Waals surface area (Å²) in [5.74, 6) is -1.29. The number of pyridine rings is 1. The number of hydrogen-bond donors (Lipinski definition) is 2. The summed E-state index contributed by atoms with van der Waals surface area (Å²) < 4.78 is 19.1. The molecule has 2 aromatic rings. The molecule has 0 bridgehead atoms. The average molecular weight is 276 g/mol. The minimum atomic E-state index is -1.26. The zero-order chi connectivity index (χ0) is 14.7. The Bertz CT molecular complexity index is 659. The van der Waals surface area contributed by atoms with Crippen molar-refractivity contribution < 1.29 is 19.0 Å². The zero-order valence-electron chi connectivity index (χ0n) is 10.8. The Morgan fingerprint density at radius 2 is 2.15 bits per heavy atom. The lowest BCUT2D eigenvalue weighted by Gasteiger charge is -2.08. The molecule has 0 aliphatic carbocycles. The van der Waals surface area contributed by atoms with Crippen LogP contribution in [-0.2, 0) is 0 Å². The van der Waals surface area contributed by atoms with Gasteiger partial charge in [0.25, 0.3) is 0 Å². The first-order valence-corrected chi connectivity index (χ1v) is 5.95. The first kappa shape index (κ1) is 13.8. The molecule has 0 amide bonds. The van der Waals surface area contributed by atoms with E-state index in [1.54, 1.807) is 0 Å². The van der Waals surface area contributed by atoms with Crippen LogP contribution in [0.4, 0.5) is 10.1 Å². The number of hydrogen-bond acceptors (Lipinski definition) is 4. The number of aromatic carboxylic acids is 1. The van der Waals surface area contributed by atoms with Crippen molar-refractivity contribution in [2.45, 2.75) is 6.92 Å². The number of carboxylic acid groups (broad SMARTS) is 1. The molecule has 0 saturated heterocycles. The molecule has 1 aromatic heterocycles. The highest BCUT2D eigenvalue weighted by atomic mass is 19.1. The summed E-state index contributed by atoms with van der Waals surface area (Å²) in [6, 6.07) is 7.08. The Balaban J connectivity index is 2.53. The topological polar surface area (TPSA) is 85.4 Å². The van der Waals surface area contributed by atoms with Gasteiger partial charge >= 0.3 is 5.97 Å². The largest absolute Gasteiger partial charge is 0.494 e. The number of rotatable bonds is 4. The third-order valence-corrected chi connectivity index (χ3v) is 2.65. The van der Waals surface area contributed by atoms with Gasteiger partial charge in [-0.2, -0.15) is 0 Å². The maximum absolute atomic E-state index is 13.9. The molecule has 2 rings (SSSR count). The molecule has 0 fully saturated rings. The molecular formula is C14H13FN2O3. The zero-order valence-corrected chi connectivity index (χ0v) is 10.8. The molecule has 1 aromatic carbocycles. The molecule has 104 valence electrons. The van der Waals surface area contributed by atoms with Crippen LogP contribution >= 0.6 is 0 Å². The van der Waals surface area contributed by atoms with E-state index in [1.807, 2.05) is 6.92 Å². The second-order valence-corrected chi connectivity index (χ2v) is 4.01. The minimum absolute atomic E-state index is 0.0302. The number of nitrogen functional groups attached to an aromatic ring is 1. The number of ether oxygens (including phenoxy) is 1. The number of anilines is 1. The Morgan fingerprint density at radius 1 is 1.40 bits per heavy atom. The lowest BCUT2D eigenvalue weighted by Crippen LogP contribution is -2.06. The van der Waals surface area contributed by atoms with Crippen LogP contribution in [0.2, 0.25) is 0 Å². The van der Waals surface area contributed by atoms with Crippen molar-refractivity contribution in [1.29, 1.82) is 0 Å². The van der Waals surface area contributed by atoms with Crippen LogP contribution in [0.5, 0.6) is 5.75 Å². The number of benzene rings is 1. The number of nitrogens with zero attached hydrogens (tertiary/aromatic N) is 1. The first-order chi connectivity index (χ1) is 9.52. The third-order valence-electron chi connectivity index (χ3n) is 2.65. The predicted octanol–water partition coefficient (Wildman–Crippen LogP) is 2.57. The van der Waals surface area contributed by atoms with E-state index in [0.29, 0.717) is 12.4 Å². The van der Waals surface area contributed by atoms with Crippen LogP contribution < -0.4 is 10.5 Å². The fourth-order valence-electron chi connectivity index (χ4n) is 1.75. The van der Waals surface area contributed by atoms with Crippen molar-refractivity contribution in [2.24, 2.45) is 0 Å². The summed E-state index contributed by atoms with van der Waals surface area (Å²) in [4.78, 5) is 14.9. The summed E-state index contributed by atoms with van der Waals surface area (Å²) in [6.45, 7) is 2.26. The van der Waals surface area contributed by atoms with E-state index in [4.69, 9.17) is 15.6 Å². The standard InChI is InChI=1S/C14H13FN2O3/c1-2-20-8-3-4-10(15)9(7-8)12-6-5-11(16)13(17-12)14(18)19/h3-7H,2,16H2,1H3,(H,18,19). The van der Waals surface area contributed by atoms with Gasteiger partial charge in [-0.05, 0) is 37.3 Å². The smallest absolute Gasteiger partial charge is 0.356 e. The van der Waals surface area contributed by atoms with Gasteiger partial charge in [-0.15, -0.1) is 0 Å². The first-order valence-electron chi connectivity index (χ1n) is 5.95. The van der Waals surface area contributed by atoms with Crippen molar-refractivity contribution in [1.82, 2.24) is 4.98 Å². The molecule has 0 spiro atoms. The number of aromatic nitrogens is 1. The number of halogens is 1.